The molecule has 2 unspecified atom stereocenters. The number of thiophene rings is 1. The van der Waals surface area contributed by atoms with Crippen LogP contribution in [0.3, 0.4) is 0 Å². The summed E-state index contributed by atoms with van der Waals surface area (Å²) in [5.74, 6) is 0.246. The molecule has 2 rings (SSSR count). The van der Waals surface area contributed by atoms with Crippen LogP contribution >= 0.6 is 27.3 Å². The normalized spacial score (nSPS) is 21.1. The lowest BCUT2D eigenvalue weighted by atomic mass is 9.97. The van der Waals surface area contributed by atoms with Gasteiger partial charge in [-0.3, -0.25) is 4.79 Å². The predicted molar refractivity (Wildman–Crippen MR) is 75.8 cm³/mol. The fourth-order valence-electron chi connectivity index (χ4n) is 2.45. The van der Waals surface area contributed by atoms with Crippen LogP contribution in [0.15, 0.2) is 11.4 Å². The molecular weight excluding hydrogens is 298 g/mol. The van der Waals surface area contributed by atoms with Crippen molar-refractivity contribution in [2.24, 2.45) is 0 Å². The Bertz CT molecular complexity index is 404. The van der Waals surface area contributed by atoms with Crippen molar-refractivity contribution < 1.29 is 4.79 Å². The summed E-state index contributed by atoms with van der Waals surface area (Å²) in [7, 11) is 0. The molecule has 17 heavy (non-hydrogen) atoms. The summed E-state index contributed by atoms with van der Waals surface area (Å²) >= 11 is 5.30. The number of alkyl halides is 1. The second-order valence-electron chi connectivity index (χ2n) is 4.38. The molecule has 0 saturated heterocycles. The van der Waals surface area contributed by atoms with Crippen LogP contribution in [0.2, 0.25) is 0 Å². The third kappa shape index (κ3) is 2.43. The molecule has 1 aromatic rings. The second kappa shape index (κ2) is 5.53. The van der Waals surface area contributed by atoms with Crippen molar-refractivity contribution in [2.45, 2.75) is 44.0 Å². The molecule has 94 valence electrons. The quantitative estimate of drug-likeness (QED) is 0.778. The summed E-state index contributed by atoms with van der Waals surface area (Å²) in [4.78, 5) is 15.8. The van der Waals surface area contributed by atoms with E-state index in [1.54, 1.807) is 0 Å². The van der Waals surface area contributed by atoms with E-state index in [9.17, 15) is 4.79 Å². The number of carbonyl (C=O) groups excluding carboxylic acids is 1. The standard InChI is InChI=1S/C13H18BrNOS/c1-3-10(14)13(16)15-7-5-12-9(6-8-17-12)11(15)4-2/h6,8,10-11H,3-5,7H2,1-2H3. The van der Waals surface area contributed by atoms with Crippen molar-refractivity contribution >= 4 is 33.2 Å². The zero-order valence-corrected chi connectivity index (χ0v) is 12.7. The first kappa shape index (κ1) is 13.1. The van der Waals surface area contributed by atoms with E-state index in [1.165, 1.54) is 10.4 Å². The van der Waals surface area contributed by atoms with Crippen molar-refractivity contribution in [3.05, 3.63) is 21.9 Å². The van der Waals surface area contributed by atoms with Crippen LogP contribution in [-0.2, 0) is 11.2 Å². The summed E-state index contributed by atoms with van der Waals surface area (Å²) in [5, 5.41) is 2.15. The van der Waals surface area contributed by atoms with Gasteiger partial charge in [0.1, 0.15) is 0 Å². The summed E-state index contributed by atoms with van der Waals surface area (Å²) in [6, 6.07) is 2.46. The van der Waals surface area contributed by atoms with Crippen LogP contribution in [0.25, 0.3) is 0 Å². The number of carbonyl (C=O) groups is 1. The molecule has 2 atom stereocenters. The van der Waals surface area contributed by atoms with Crippen LogP contribution in [0.5, 0.6) is 0 Å². The van der Waals surface area contributed by atoms with Gasteiger partial charge in [-0.1, -0.05) is 29.8 Å². The van der Waals surface area contributed by atoms with Gasteiger partial charge in [-0.25, -0.2) is 0 Å². The summed E-state index contributed by atoms with van der Waals surface area (Å²) in [6.45, 7) is 5.07. The number of fused-ring (bicyclic) bond motifs is 1. The molecule has 0 bridgehead atoms. The molecule has 1 aliphatic rings. The topological polar surface area (TPSA) is 20.3 Å². The highest BCUT2D eigenvalue weighted by Crippen LogP contribution is 2.36. The van der Waals surface area contributed by atoms with Crippen LogP contribution in [0, 0.1) is 0 Å². The minimum atomic E-state index is -0.0308. The van der Waals surface area contributed by atoms with E-state index in [0.29, 0.717) is 0 Å². The molecule has 2 nitrogen and oxygen atoms in total. The Hall–Kier alpha value is -0.350. The van der Waals surface area contributed by atoms with E-state index in [1.807, 2.05) is 18.3 Å². The van der Waals surface area contributed by atoms with Gasteiger partial charge in [0.15, 0.2) is 0 Å². The first-order valence-electron chi connectivity index (χ1n) is 6.19. The smallest absolute Gasteiger partial charge is 0.236 e. The van der Waals surface area contributed by atoms with Gasteiger partial charge in [0.25, 0.3) is 0 Å². The highest BCUT2D eigenvalue weighted by Gasteiger charge is 2.32. The van der Waals surface area contributed by atoms with Gasteiger partial charge >= 0.3 is 0 Å². The average molecular weight is 316 g/mol. The summed E-state index contributed by atoms with van der Waals surface area (Å²) in [5.41, 5.74) is 1.37. The number of nitrogens with zero attached hydrogens (tertiary/aromatic N) is 1. The number of hydrogen-bond donors (Lipinski definition) is 0. The SMILES string of the molecule is CCC(Br)C(=O)N1CCc2sccc2C1CC. The van der Waals surface area contributed by atoms with E-state index >= 15 is 0 Å². The fourth-order valence-corrected chi connectivity index (χ4v) is 3.65. The monoisotopic (exact) mass is 315 g/mol. The van der Waals surface area contributed by atoms with Crippen LogP contribution in [0.1, 0.15) is 43.2 Å². The first-order valence-corrected chi connectivity index (χ1v) is 7.99. The third-order valence-corrected chi connectivity index (χ3v) is 5.43. The molecule has 4 heteroatoms. The number of hydrogen-bond acceptors (Lipinski definition) is 2. The molecule has 0 saturated carbocycles. The van der Waals surface area contributed by atoms with Gasteiger partial charge in [-0.2, -0.15) is 0 Å². The molecule has 2 heterocycles. The first-order chi connectivity index (χ1) is 8.19. The Labute approximate surface area is 115 Å². The van der Waals surface area contributed by atoms with Gasteiger partial charge in [0.05, 0.1) is 10.9 Å². The molecule has 0 radical (unpaired) electrons. The van der Waals surface area contributed by atoms with Crippen molar-refractivity contribution in [3.8, 4) is 0 Å². The van der Waals surface area contributed by atoms with Crippen molar-refractivity contribution in [1.29, 1.82) is 0 Å². The largest absolute Gasteiger partial charge is 0.334 e. The van der Waals surface area contributed by atoms with E-state index < -0.39 is 0 Å². The van der Waals surface area contributed by atoms with Gasteiger partial charge in [0, 0.05) is 11.4 Å². The second-order valence-corrected chi connectivity index (χ2v) is 6.49. The molecule has 1 aliphatic heterocycles. The van der Waals surface area contributed by atoms with Crippen LogP contribution in [0.4, 0.5) is 0 Å². The third-order valence-electron chi connectivity index (χ3n) is 3.39. The zero-order valence-electron chi connectivity index (χ0n) is 10.3. The molecule has 1 amide bonds. The molecule has 0 spiro atoms. The molecule has 0 fully saturated rings. The number of halogens is 1. The average Bonchev–Trinajstić information content (AvgIpc) is 2.83. The molecule has 1 aromatic heterocycles. The maximum absolute atomic E-state index is 12.3. The summed E-state index contributed by atoms with van der Waals surface area (Å²) in [6.07, 6.45) is 2.86. The minimum Gasteiger partial charge on any atom is -0.334 e. The van der Waals surface area contributed by atoms with Gasteiger partial charge < -0.3 is 4.90 Å². The highest BCUT2D eigenvalue weighted by atomic mass is 79.9. The van der Waals surface area contributed by atoms with E-state index in [2.05, 4.69) is 39.2 Å². The Morgan fingerprint density at radius 2 is 2.41 bits per heavy atom. The lowest BCUT2D eigenvalue weighted by molar-refractivity contribution is -0.133. The molecule has 0 N–H and O–H groups in total. The summed E-state index contributed by atoms with van der Waals surface area (Å²) < 4.78 is 0. The maximum atomic E-state index is 12.3. The highest BCUT2D eigenvalue weighted by molar-refractivity contribution is 9.10. The Morgan fingerprint density at radius 1 is 1.65 bits per heavy atom. The Kier molecular flexibility index (Phi) is 4.26. The number of rotatable bonds is 3. The van der Waals surface area contributed by atoms with Crippen molar-refractivity contribution in [2.75, 3.05) is 6.54 Å². The van der Waals surface area contributed by atoms with E-state index in [-0.39, 0.29) is 16.8 Å². The predicted octanol–water partition coefficient (Wildman–Crippen LogP) is 3.76. The molecule has 0 aliphatic carbocycles. The Balaban J connectivity index is 2.23. The molecule has 0 aromatic carbocycles. The van der Waals surface area contributed by atoms with E-state index in [0.717, 1.165) is 25.8 Å². The van der Waals surface area contributed by atoms with Gasteiger partial charge in [-0.05, 0) is 36.3 Å². The van der Waals surface area contributed by atoms with Crippen molar-refractivity contribution in [3.63, 3.8) is 0 Å². The zero-order chi connectivity index (χ0) is 12.4. The lowest BCUT2D eigenvalue weighted by Gasteiger charge is -2.36. The molecular formula is C13H18BrNOS. The van der Waals surface area contributed by atoms with Gasteiger partial charge in [0.2, 0.25) is 5.91 Å². The minimum absolute atomic E-state index is 0.0308. The maximum Gasteiger partial charge on any atom is 0.236 e. The van der Waals surface area contributed by atoms with E-state index in [4.69, 9.17) is 0 Å². The Morgan fingerprint density at radius 3 is 3.06 bits per heavy atom. The van der Waals surface area contributed by atoms with Crippen LogP contribution < -0.4 is 0 Å². The number of amides is 1. The van der Waals surface area contributed by atoms with Crippen LogP contribution in [-0.4, -0.2) is 22.2 Å². The fraction of sp³-hybridized carbons (Fsp3) is 0.615. The van der Waals surface area contributed by atoms with Gasteiger partial charge in [-0.15, -0.1) is 11.3 Å². The van der Waals surface area contributed by atoms with Crippen molar-refractivity contribution in [1.82, 2.24) is 4.90 Å². The lowest BCUT2D eigenvalue weighted by Crippen LogP contribution is -2.42.